The monoisotopic (exact) mass is 570 g/mol. The number of hydrogen-bond acceptors (Lipinski definition) is 9. The zero-order valence-corrected chi connectivity index (χ0v) is 23.5. The molecule has 0 unspecified atom stereocenters. The van der Waals surface area contributed by atoms with Crippen LogP contribution in [-0.2, 0) is 10.0 Å². The molecule has 0 bridgehead atoms. The molecule has 0 amide bonds. The third-order valence-corrected chi connectivity index (χ3v) is 10.2. The Labute approximate surface area is 227 Å². The zero-order valence-electron chi connectivity index (χ0n) is 21.8. The van der Waals surface area contributed by atoms with Crippen LogP contribution in [0.2, 0.25) is 0 Å². The summed E-state index contributed by atoms with van der Waals surface area (Å²) in [5.74, 6) is -2.74. The zero-order chi connectivity index (χ0) is 27.4. The highest BCUT2D eigenvalue weighted by Crippen LogP contribution is 2.30. The number of ketones is 1. The van der Waals surface area contributed by atoms with E-state index in [9.17, 15) is 22.0 Å². The van der Waals surface area contributed by atoms with E-state index in [1.807, 2.05) is 0 Å². The van der Waals surface area contributed by atoms with E-state index in [-0.39, 0.29) is 22.5 Å². The molecule has 4 rings (SSSR count). The number of piperazine rings is 1. The third-order valence-electron chi connectivity index (χ3n) is 7.24. The first-order valence-corrected chi connectivity index (χ1v) is 15.4. The van der Waals surface area contributed by atoms with E-state index >= 15 is 0 Å². The van der Waals surface area contributed by atoms with E-state index in [0.29, 0.717) is 43.5 Å². The Morgan fingerprint density at radius 3 is 2.37 bits per heavy atom. The Kier molecular flexibility index (Phi) is 9.35. The van der Waals surface area contributed by atoms with Crippen LogP contribution < -0.4 is 11.1 Å². The minimum absolute atomic E-state index is 0.0397. The second-order valence-corrected chi connectivity index (χ2v) is 13.2. The molecule has 0 spiro atoms. The van der Waals surface area contributed by atoms with Crippen LogP contribution in [0.25, 0.3) is 0 Å². The second kappa shape index (κ2) is 12.3. The summed E-state index contributed by atoms with van der Waals surface area (Å²) in [4.78, 5) is 21.6. The molecule has 3 N–H and O–H groups in total. The molecule has 2 saturated heterocycles. The number of carbonyl (C=O) groups excluding carboxylic acids is 1. The third kappa shape index (κ3) is 6.87. The van der Waals surface area contributed by atoms with Gasteiger partial charge in [-0.1, -0.05) is 17.4 Å². The first-order chi connectivity index (χ1) is 18.0. The number of nitrogens with two attached hydrogens (primary N) is 1. The molecule has 2 aliphatic heterocycles. The summed E-state index contributed by atoms with van der Waals surface area (Å²) in [7, 11) is -3.34. The quantitative estimate of drug-likeness (QED) is 0.420. The minimum atomic E-state index is -3.34. The number of thiazole rings is 1. The van der Waals surface area contributed by atoms with Crippen molar-refractivity contribution in [3.8, 4) is 0 Å². The Morgan fingerprint density at radius 2 is 1.76 bits per heavy atom. The lowest BCUT2D eigenvalue weighted by molar-refractivity contribution is 0.103. The lowest BCUT2D eigenvalue weighted by Gasteiger charge is -2.37. The van der Waals surface area contributed by atoms with Gasteiger partial charge in [-0.25, -0.2) is 26.5 Å². The van der Waals surface area contributed by atoms with Crippen LogP contribution in [0.3, 0.4) is 0 Å². The van der Waals surface area contributed by atoms with Crippen molar-refractivity contribution in [1.82, 2.24) is 19.1 Å². The molecule has 2 aromatic rings. The highest BCUT2D eigenvalue weighted by molar-refractivity contribution is 7.89. The molecule has 9 nitrogen and oxygen atoms in total. The Morgan fingerprint density at radius 1 is 1.13 bits per heavy atom. The van der Waals surface area contributed by atoms with Crippen molar-refractivity contribution in [3.05, 3.63) is 40.3 Å². The second-order valence-electron chi connectivity index (χ2n) is 10.1. The number of nitrogens with zero attached hydrogens (tertiary/aromatic N) is 4. The largest absolute Gasteiger partial charge is 0.382 e. The molecule has 0 radical (unpaired) electrons. The summed E-state index contributed by atoms with van der Waals surface area (Å²) in [6.45, 7) is 9.94. The summed E-state index contributed by atoms with van der Waals surface area (Å²) in [5, 5.41) is 3.57. The lowest BCUT2D eigenvalue weighted by Crippen LogP contribution is -2.49. The van der Waals surface area contributed by atoms with Crippen LogP contribution >= 0.6 is 11.3 Å². The number of halogens is 2. The molecule has 2 fully saturated rings. The molecule has 0 aliphatic carbocycles. The number of piperidine rings is 1. The average molecular weight is 571 g/mol. The Hall–Kier alpha value is -2.19. The van der Waals surface area contributed by atoms with Gasteiger partial charge in [0.05, 0.1) is 11.3 Å². The van der Waals surface area contributed by atoms with Gasteiger partial charge in [-0.3, -0.25) is 9.69 Å². The van der Waals surface area contributed by atoms with E-state index in [0.717, 1.165) is 56.2 Å². The van der Waals surface area contributed by atoms with Gasteiger partial charge in [-0.15, -0.1) is 0 Å². The van der Waals surface area contributed by atoms with Crippen molar-refractivity contribution in [1.29, 1.82) is 0 Å². The number of hydrogen-bond donors (Lipinski definition) is 2. The predicted octanol–water partition coefficient (Wildman–Crippen LogP) is 2.86. The maximum atomic E-state index is 14.1. The maximum absolute atomic E-state index is 14.1. The van der Waals surface area contributed by atoms with Crippen LogP contribution in [-0.4, -0.2) is 96.9 Å². The summed E-state index contributed by atoms with van der Waals surface area (Å²) < 4.78 is 55.5. The molecule has 13 heteroatoms. The van der Waals surface area contributed by atoms with Gasteiger partial charge in [0.15, 0.2) is 5.13 Å². The standard InChI is InChI=1S/C25H36F2N6O3S2/c1-17(2)32-14-12-31(13-15-32)9-4-16-38(35,36)33-10-7-18(8-11-33)29-25-30-24(28)23(37-25)22(34)21-19(26)5-3-6-20(21)27/h3,5-6,17-18H,4,7-16,28H2,1-2H3,(H,29,30). The number of carbonyl (C=O) groups is 1. The number of anilines is 2. The number of nitrogens with one attached hydrogen (secondary N) is 1. The van der Waals surface area contributed by atoms with Gasteiger partial charge in [-0.05, 0) is 51.8 Å². The average Bonchev–Trinajstić information content (AvgIpc) is 3.24. The van der Waals surface area contributed by atoms with Gasteiger partial charge in [0.25, 0.3) is 0 Å². The van der Waals surface area contributed by atoms with Crippen LogP contribution in [0.5, 0.6) is 0 Å². The highest BCUT2D eigenvalue weighted by atomic mass is 32.2. The normalized spacial score (nSPS) is 18.8. The topological polar surface area (TPSA) is 112 Å². The van der Waals surface area contributed by atoms with E-state index in [4.69, 9.17) is 5.73 Å². The SMILES string of the molecule is CC(C)N1CCN(CCCS(=O)(=O)N2CCC(Nc3nc(N)c(C(=O)c4c(F)cccc4F)s3)CC2)CC1. The summed E-state index contributed by atoms with van der Waals surface area (Å²) >= 11 is 0.936. The maximum Gasteiger partial charge on any atom is 0.214 e. The van der Waals surface area contributed by atoms with Crippen molar-refractivity contribution >= 4 is 38.1 Å². The summed E-state index contributed by atoms with van der Waals surface area (Å²) in [5.41, 5.74) is 5.22. The predicted molar refractivity (Wildman–Crippen MR) is 146 cm³/mol. The van der Waals surface area contributed by atoms with Gasteiger partial charge in [0.2, 0.25) is 15.8 Å². The van der Waals surface area contributed by atoms with Gasteiger partial charge < -0.3 is 16.0 Å². The fourth-order valence-corrected chi connectivity index (χ4v) is 7.37. The van der Waals surface area contributed by atoms with Gasteiger partial charge in [0, 0.05) is 51.4 Å². The van der Waals surface area contributed by atoms with E-state index in [1.54, 1.807) is 4.31 Å². The molecule has 1 aromatic carbocycles. The molecule has 210 valence electrons. The van der Waals surface area contributed by atoms with Crippen LogP contribution in [0.15, 0.2) is 18.2 Å². The van der Waals surface area contributed by atoms with E-state index in [1.165, 1.54) is 6.07 Å². The van der Waals surface area contributed by atoms with Gasteiger partial charge in [-0.2, -0.15) is 0 Å². The lowest BCUT2D eigenvalue weighted by atomic mass is 10.1. The number of sulfonamides is 1. The van der Waals surface area contributed by atoms with Crippen molar-refractivity contribution in [3.63, 3.8) is 0 Å². The number of aromatic nitrogens is 1. The molecular weight excluding hydrogens is 534 g/mol. The van der Waals surface area contributed by atoms with Crippen molar-refractivity contribution in [2.75, 3.05) is 62.6 Å². The molecule has 2 aliphatic rings. The number of benzene rings is 1. The van der Waals surface area contributed by atoms with Crippen LogP contribution in [0.4, 0.5) is 19.7 Å². The Balaban J connectivity index is 1.25. The van der Waals surface area contributed by atoms with Gasteiger partial charge >= 0.3 is 0 Å². The highest BCUT2D eigenvalue weighted by Gasteiger charge is 2.30. The molecule has 0 atom stereocenters. The minimum Gasteiger partial charge on any atom is -0.382 e. The van der Waals surface area contributed by atoms with E-state index in [2.05, 4.69) is 33.9 Å². The number of rotatable bonds is 10. The van der Waals surface area contributed by atoms with Crippen molar-refractivity contribution in [2.24, 2.45) is 0 Å². The van der Waals surface area contributed by atoms with Crippen LogP contribution in [0, 0.1) is 11.6 Å². The first-order valence-electron chi connectivity index (χ1n) is 13.0. The smallest absolute Gasteiger partial charge is 0.214 e. The molecule has 0 saturated carbocycles. The fraction of sp³-hybridized carbons (Fsp3) is 0.600. The van der Waals surface area contributed by atoms with Crippen molar-refractivity contribution < 1.29 is 22.0 Å². The van der Waals surface area contributed by atoms with E-state index < -0.39 is 33.0 Å². The summed E-state index contributed by atoms with van der Waals surface area (Å²) in [6.07, 6.45) is 1.75. The molecule has 1 aromatic heterocycles. The molecule has 38 heavy (non-hydrogen) atoms. The van der Waals surface area contributed by atoms with Crippen LogP contribution in [0.1, 0.15) is 48.3 Å². The summed E-state index contributed by atoms with van der Waals surface area (Å²) in [6, 6.07) is 3.70. The molecular formula is C25H36F2N6O3S2. The van der Waals surface area contributed by atoms with Crippen molar-refractivity contribution in [2.45, 2.75) is 45.2 Å². The Bertz CT molecular complexity index is 1200. The molecule has 3 heterocycles. The fourth-order valence-electron chi connectivity index (χ4n) is 4.94. The first kappa shape index (κ1) is 28.8. The number of nitrogen functional groups attached to an aromatic ring is 1. The van der Waals surface area contributed by atoms with Gasteiger partial charge in [0.1, 0.15) is 22.3 Å².